The van der Waals surface area contributed by atoms with Crippen LogP contribution in [0, 0.1) is 5.41 Å². The molecule has 0 bridgehead atoms. The van der Waals surface area contributed by atoms with E-state index in [1.165, 1.54) is 19.3 Å². The second-order valence-electron chi connectivity index (χ2n) is 4.88. The van der Waals surface area contributed by atoms with Gasteiger partial charge in [0.25, 0.3) is 0 Å². The minimum absolute atomic E-state index is 0.0133. The van der Waals surface area contributed by atoms with Gasteiger partial charge in [-0.2, -0.15) is 0 Å². The van der Waals surface area contributed by atoms with Crippen molar-refractivity contribution in [3.63, 3.8) is 0 Å². The van der Waals surface area contributed by atoms with Crippen molar-refractivity contribution >= 4 is 5.91 Å². The molecule has 0 spiro atoms. The Kier molecular flexibility index (Phi) is 4.58. The summed E-state index contributed by atoms with van der Waals surface area (Å²) in [5, 5.41) is 12.3. The summed E-state index contributed by atoms with van der Waals surface area (Å²) < 4.78 is 0. The zero-order valence-electron chi connectivity index (χ0n) is 9.88. The molecule has 1 saturated carbocycles. The van der Waals surface area contributed by atoms with Gasteiger partial charge in [0.2, 0.25) is 5.91 Å². The number of nitrogens with one attached hydrogen (secondary N) is 1. The van der Waals surface area contributed by atoms with Gasteiger partial charge in [-0.05, 0) is 26.2 Å². The fourth-order valence-electron chi connectivity index (χ4n) is 1.95. The number of carbonyl (C=O) groups is 1. The van der Waals surface area contributed by atoms with Gasteiger partial charge in [0.1, 0.15) is 0 Å². The molecule has 1 aliphatic carbocycles. The Bertz CT molecular complexity index is 206. The molecule has 3 heteroatoms. The summed E-state index contributed by atoms with van der Waals surface area (Å²) in [7, 11) is 0. The standard InChI is InChI=1S/C12H23NO2/c1-3-12(2,9-14)11(15)13-10-7-5-4-6-8-10/h10,14H,3-9H2,1-2H3,(H,13,15). The Morgan fingerprint density at radius 1 is 1.40 bits per heavy atom. The molecule has 2 N–H and O–H groups in total. The van der Waals surface area contributed by atoms with Crippen molar-refractivity contribution in [3.05, 3.63) is 0 Å². The van der Waals surface area contributed by atoms with Crippen LogP contribution >= 0.6 is 0 Å². The van der Waals surface area contributed by atoms with Gasteiger partial charge in [-0.1, -0.05) is 26.2 Å². The van der Waals surface area contributed by atoms with Crippen LogP contribution in [0.5, 0.6) is 0 Å². The molecule has 0 radical (unpaired) electrons. The third-order valence-corrected chi connectivity index (χ3v) is 3.62. The molecule has 0 aromatic rings. The van der Waals surface area contributed by atoms with E-state index in [2.05, 4.69) is 5.32 Å². The number of rotatable bonds is 4. The fourth-order valence-corrected chi connectivity index (χ4v) is 1.95. The highest BCUT2D eigenvalue weighted by molar-refractivity contribution is 5.82. The molecule has 1 unspecified atom stereocenters. The summed E-state index contributed by atoms with van der Waals surface area (Å²) in [6.45, 7) is 3.70. The summed E-state index contributed by atoms with van der Waals surface area (Å²) in [4.78, 5) is 11.9. The van der Waals surface area contributed by atoms with E-state index >= 15 is 0 Å². The molecule has 1 rings (SSSR count). The van der Waals surface area contributed by atoms with Gasteiger partial charge in [0.05, 0.1) is 12.0 Å². The molecule has 0 aromatic heterocycles. The predicted molar refractivity (Wildman–Crippen MR) is 60.5 cm³/mol. The molecule has 15 heavy (non-hydrogen) atoms. The van der Waals surface area contributed by atoms with Crippen molar-refractivity contribution in [2.75, 3.05) is 6.61 Å². The van der Waals surface area contributed by atoms with E-state index in [4.69, 9.17) is 0 Å². The SMILES string of the molecule is CCC(C)(CO)C(=O)NC1CCCCC1. The largest absolute Gasteiger partial charge is 0.395 e. The topological polar surface area (TPSA) is 49.3 Å². The molecule has 0 aromatic carbocycles. The Morgan fingerprint density at radius 2 is 2.00 bits per heavy atom. The minimum atomic E-state index is -0.600. The second-order valence-corrected chi connectivity index (χ2v) is 4.88. The first-order chi connectivity index (χ1) is 7.12. The number of amides is 1. The van der Waals surface area contributed by atoms with E-state index in [1.54, 1.807) is 0 Å². The van der Waals surface area contributed by atoms with Crippen molar-refractivity contribution < 1.29 is 9.90 Å². The van der Waals surface area contributed by atoms with E-state index in [9.17, 15) is 9.90 Å². The highest BCUT2D eigenvalue weighted by atomic mass is 16.3. The van der Waals surface area contributed by atoms with E-state index < -0.39 is 5.41 Å². The Hall–Kier alpha value is -0.570. The molecule has 1 atom stereocenters. The van der Waals surface area contributed by atoms with Gasteiger partial charge in [0, 0.05) is 6.04 Å². The smallest absolute Gasteiger partial charge is 0.228 e. The van der Waals surface area contributed by atoms with E-state index in [0.29, 0.717) is 12.5 Å². The molecule has 88 valence electrons. The monoisotopic (exact) mass is 213 g/mol. The highest BCUT2D eigenvalue weighted by Crippen LogP contribution is 2.23. The molecule has 0 heterocycles. The molecular formula is C12H23NO2. The van der Waals surface area contributed by atoms with Crippen LogP contribution < -0.4 is 5.32 Å². The first kappa shape index (κ1) is 12.5. The van der Waals surface area contributed by atoms with Crippen LogP contribution in [-0.2, 0) is 4.79 Å². The van der Waals surface area contributed by atoms with E-state index in [1.807, 2.05) is 13.8 Å². The van der Waals surface area contributed by atoms with Crippen molar-refractivity contribution in [1.82, 2.24) is 5.32 Å². The van der Waals surface area contributed by atoms with Crippen molar-refractivity contribution in [3.8, 4) is 0 Å². The third kappa shape index (κ3) is 3.20. The molecule has 1 aliphatic rings. The average Bonchev–Trinajstić information content (AvgIpc) is 2.29. The van der Waals surface area contributed by atoms with Gasteiger partial charge in [0.15, 0.2) is 0 Å². The lowest BCUT2D eigenvalue weighted by atomic mass is 9.86. The average molecular weight is 213 g/mol. The van der Waals surface area contributed by atoms with Crippen molar-refractivity contribution in [2.45, 2.75) is 58.4 Å². The zero-order chi connectivity index (χ0) is 11.3. The van der Waals surface area contributed by atoms with E-state index in [0.717, 1.165) is 12.8 Å². The first-order valence-electron chi connectivity index (χ1n) is 6.04. The quantitative estimate of drug-likeness (QED) is 0.748. The van der Waals surface area contributed by atoms with Gasteiger partial charge in [-0.15, -0.1) is 0 Å². The van der Waals surface area contributed by atoms with Crippen molar-refractivity contribution in [1.29, 1.82) is 0 Å². The Balaban J connectivity index is 2.45. The Morgan fingerprint density at radius 3 is 2.47 bits per heavy atom. The van der Waals surface area contributed by atoms with Crippen LogP contribution in [0.3, 0.4) is 0 Å². The summed E-state index contributed by atoms with van der Waals surface area (Å²) in [5.74, 6) is 0.0133. The number of hydrogen-bond donors (Lipinski definition) is 2. The second kappa shape index (κ2) is 5.50. The number of hydrogen-bond acceptors (Lipinski definition) is 2. The maximum absolute atomic E-state index is 11.9. The van der Waals surface area contributed by atoms with Crippen molar-refractivity contribution in [2.24, 2.45) is 5.41 Å². The van der Waals surface area contributed by atoms with Gasteiger partial charge in [-0.3, -0.25) is 4.79 Å². The predicted octanol–water partition coefficient (Wildman–Crippen LogP) is 1.84. The first-order valence-corrected chi connectivity index (χ1v) is 6.04. The lowest BCUT2D eigenvalue weighted by Crippen LogP contribution is -2.46. The van der Waals surface area contributed by atoms with E-state index in [-0.39, 0.29) is 12.5 Å². The maximum Gasteiger partial charge on any atom is 0.228 e. The van der Waals surface area contributed by atoms with Crippen LogP contribution in [0.4, 0.5) is 0 Å². The lowest BCUT2D eigenvalue weighted by molar-refractivity contribution is -0.133. The fraction of sp³-hybridized carbons (Fsp3) is 0.917. The third-order valence-electron chi connectivity index (χ3n) is 3.62. The van der Waals surface area contributed by atoms with Crippen LogP contribution in [0.25, 0.3) is 0 Å². The normalized spacial score (nSPS) is 22.1. The van der Waals surface area contributed by atoms with Crippen LogP contribution in [0.1, 0.15) is 52.4 Å². The molecule has 0 aliphatic heterocycles. The van der Waals surface area contributed by atoms with Gasteiger partial charge in [-0.25, -0.2) is 0 Å². The van der Waals surface area contributed by atoms with Crippen LogP contribution in [0.2, 0.25) is 0 Å². The van der Waals surface area contributed by atoms with Gasteiger partial charge < -0.3 is 10.4 Å². The van der Waals surface area contributed by atoms with Crippen LogP contribution in [0.15, 0.2) is 0 Å². The summed E-state index contributed by atoms with van der Waals surface area (Å²) >= 11 is 0. The maximum atomic E-state index is 11.9. The number of carbonyl (C=O) groups excluding carboxylic acids is 1. The summed E-state index contributed by atoms with van der Waals surface area (Å²) in [5.41, 5.74) is -0.600. The van der Waals surface area contributed by atoms with Crippen LogP contribution in [-0.4, -0.2) is 23.7 Å². The minimum Gasteiger partial charge on any atom is -0.395 e. The lowest BCUT2D eigenvalue weighted by Gasteiger charge is -2.29. The van der Waals surface area contributed by atoms with Gasteiger partial charge >= 0.3 is 0 Å². The molecule has 3 nitrogen and oxygen atoms in total. The molecule has 1 fully saturated rings. The Labute approximate surface area is 92.3 Å². The summed E-state index contributed by atoms with van der Waals surface area (Å²) in [6.07, 6.45) is 6.59. The summed E-state index contributed by atoms with van der Waals surface area (Å²) in [6, 6.07) is 0.337. The number of aliphatic hydroxyl groups excluding tert-OH is 1. The molecular weight excluding hydrogens is 190 g/mol. The molecule has 1 amide bonds. The number of aliphatic hydroxyl groups is 1. The zero-order valence-corrected chi connectivity index (χ0v) is 9.88. The molecule has 0 saturated heterocycles. The highest BCUT2D eigenvalue weighted by Gasteiger charge is 2.31.